The SMILES string of the molecule is CC(C)[C@@H](OC(=O)c1cc(F)cc(F)c1)C(=O)NC(N)=O. The summed E-state index contributed by atoms with van der Waals surface area (Å²) >= 11 is 0. The molecule has 0 heterocycles. The van der Waals surface area contributed by atoms with E-state index >= 15 is 0 Å². The van der Waals surface area contributed by atoms with Crippen LogP contribution in [0.2, 0.25) is 0 Å². The molecule has 3 amide bonds. The van der Waals surface area contributed by atoms with Gasteiger partial charge in [0.25, 0.3) is 5.91 Å². The van der Waals surface area contributed by atoms with E-state index in [9.17, 15) is 23.2 Å². The molecule has 0 aliphatic heterocycles. The molecule has 0 aromatic heterocycles. The maximum absolute atomic E-state index is 13.0. The first kappa shape index (κ1) is 16.5. The number of ether oxygens (including phenoxy) is 1. The van der Waals surface area contributed by atoms with Crippen LogP contribution in [0.25, 0.3) is 0 Å². The summed E-state index contributed by atoms with van der Waals surface area (Å²) in [5, 5.41) is 1.78. The molecule has 0 radical (unpaired) electrons. The third-order valence-electron chi connectivity index (χ3n) is 2.44. The lowest BCUT2D eigenvalue weighted by Gasteiger charge is -2.19. The van der Waals surface area contributed by atoms with E-state index in [1.54, 1.807) is 19.2 Å². The van der Waals surface area contributed by atoms with Crippen LogP contribution < -0.4 is 11.1 Å². The van der Waals surface area contributed by atoms with Crippen molar-refractivity contribution >= 4 is 17.9 Å². The lowest BCUT2D eigenvalue weighted by atomic mass is 10.1. The maximum atomic E-state index is 13.0. The molecule has 0 bridgehead atoms. The minimum atomic E-state index is -1.32. The zero-order valence-electron chi connectivity index (χ0n) is 11.4. The van der Waals surface area contributed by atoms with Crippen molar-refractivity contribution in [2.75, 3.05) is 0 Å². The molecule has 0 aliphatic carbocycles. The summed E-state index contributed by atoms with van der Waals surface area (Å²) in [4.78, 5) is 34.1. The number of carbonyl (C=O) groups excluding carboxylic acids is 3. The normalized spacial score (nSPS) is 11.9. The zero-order chi connectivity index (χ0) is 16.2. The lowest BCUT2D eigenvalue weighted by molar-refractivity contribution is -0.130. The Kier molecular flexibility index (Phi) is 5.34. The van der Waals surface area contributed by atoms with Crippen molar-refractivity contribution in [2.45, 2.75) is 20.0 Å². The molecule has 1 rings (SSSR count). The number of imide groups is 1. The van der Waals surface area contributed by atoms with Gasteiger partial charge in [-0.25, -0.2) is 18.4 Å². The molecule has 1 aromatic rings. The van der Waals surface area contributed by atoms with Crippen LogP contribution in [0.15, 0.2) is 18.2 Å². The van der Waals surface area contributed by atoms with Crippen LogP contribution >= 0.6 is 0 Å². The number of esters is 1. The van der Waals surface area contributed by atoms with Gasteiger partial charge >= 0.3 is 12.0 Å². The molecule has 114 valence electrons. The third kappa shape index (κ3) is 4.83. The maximum Gasteiger partial charge on any atom is 0.339 e. The molecule has 1 aromatic carbocycles. The summed E-state index contributed by atoms with van der Waals surface area (Å²) in [6, 6.07) is 1.04. The number of benzene rings is 1. The standard InChI is InChI=1S/C13H14F2N2O4/c1-6(2)10(11(18)17-13(16)20)21-12(19)7-3-8(14)5-9(15)4-7/h3-6,10H,1-2H3,(H3,16,17,18,20)/t10-/m1/s1. The van der Waals surface area contributed by atoms with E-state index in [-0.39, 0.29) is 5.56 Å². The smallest absolute Gasteiger partial charge is 0.339 e. The van der Waals surface area contributed by atoms with Crippen LogP contribution in [0.4, 0.5) is 13.6 Å². The highest BCUT2D eigenvalue weighted by Gasteiger charge is 2.28. The number of halogens is 2. The fourth-order valence-electron chi connectivity index (χ4n) is 1.54. The predicted molar refractivity (Wildman–Crippen MR) is 68.1 cm³/mol. The van der Waals surface area contributed by atoms with Crippen molar-refractivity contribution in [3.05, 3.63) is 35.4 Å². The van der Waals surface area contributed by atoms with Gasteiger partial charge in [0.05, 0.1) is 5.56 Å². The molecule has 1 atom stereocenters. The largest absolute Gasteiger partial charge is 0.448 e. The van der Waals surface area contributed by atoms with Crippen molar-refractivity contribution in [2.24, 2.45) is 11.7 Å². The molecule has 0 unspecified atom stereocenters. The molecule has 3 N–H and O–H groups in total. The van der Waals surface area contributed by atoms with E-state index in [0.29, 0.717) is 6.07 Å². The van der Waals surface area contributed by atoms with Crippen LogP contribution in [0.5, 0.6) is 0 Å². The molecule has 21 heavy (non-hydrogen) atoms. The van der Waals surface area contributed by atoms with Gasteiger partial charge in [-0.15, -0.1) is 0 Å². The average molecular weight is 300 g/mol. The minimum Gasteiger partial charge on any atom is -0.448 e. The Bertz CT molecular complexity index is 555. The quantitative estimate of drug-likeness (QED) is 0.820. The number of nitrogens with two attached hydrogens (primary N) is 1. The van der Waals surface area contributed by atoms with Crippen molar-refractivity contribution in [3.63, 3.8) is 0 Å². The molecule has 8 heteroatoms. The number of primary amides is 1. The highest BCUT2D eigenvalue weighted by molar-refractivity contribution is 5.98. The highest BCUT2D eigenvalue weighted by Crippen LogP contribution is 2.13. The van der Waals surface area contributed by atoms with Gasteiger partial charge < -0.3 is 10.5 Å². The Morgan fingerprint density at radius 2 is 1.67 bits per heavy atom. The van der Waals surface area contributed by atoms with Crippen LogP contribution in [0.3, 0.4) is 0 Å². The summed E-state index contributed by atoms with van der Waals surface area (Å²) in [5.74, 6) is -4.39. The second kappa shape index (κ2) is 6.78. The number of amides is 3. The van der Waals surface area contributed by atoms with Gasteiger partial charge in [-0.05, 0) is 18.1 Å². The number of hydrogen-bond donors (Lipinski definition) is 2. The topological polar surface area (TPSA) is 98.5 Å². The molecule has 0 aliphatic rings. The van der Waals surface area contributed by atoms with E-state index in [2.05, 4.69) is 0 Å². The monoisotopic (exact) mass is 300 g/mol. The summed E-state index contributed by atoms with van der Waals surface area (Å²) < 4.78 is 30.9. The van der Waals surface area contributed by atoms with Crippen molar-refractivity contribution in [1.82, 2.24) is 5.32 Å². The Hall–Kier alpha value is -2.51. The zero-order valence-corrected chi connectivity index (χ0v) is 11.4. The molecule has 0 saturated carbocycles. The van der Waals surface area contributed by atoms with Crippen LogP contribution in [-0.4, -0.2) is 24.0 Å². The molecule has 0 fully saturated rings. The van der Waals surface area contributed by atoms with E-state index in [1.165, 1.54) is 0 Å². The second-order valence-corrected chi connectivity index (χ2v) is 4.58. The van der Waals surface area contributed by atoms with Crippen LogP contribution in [-0.2, 0) is 9.53 Å². The van der Waals surface area contributed by atoms with E-state index in [0.717, 1.165) is 12.1 Å². The molecule has 6 nitrogen and oxygen atoms in total. The Morgan fingerprint density at radius 3 is 2.10 bits per heavy atom. The second-order valence-electron chi connectivity index (χ2n) is 4.58. The third-order valence-corrected chi connectivity index (χ3v) is 2.44. The van der Waals surface area contributed by atoms with Gasteiger partial charge in [0.1, 0.15) is 11.6 Å². The van der Waals surface area contributed by atoms with Crippen molar-refractivity contribution in [3.8, 4) is 0 Å². The van der Waals surface area contributed by atoms with Gasteiger partial charge in [0, 0.05) is 6.07 Å². The number of rotatable bonds is 4. The first-order valence-electron chi connectivity index (χ1n) is 5.98. The number of carbonyl (C=O) groups is 3. The fraction of sp³-hybridized carbons (Fsp3) is 0.308. The first-order valence-corrected chi connectivity index (χ1v) is 5.98. The van der Waals surface area contributed by atoms with E-state index < -0.39 is 41.6 Å². The summed E-state index contributed by atoms with van der Waals surface area (Å²) in [5.41, 5.74) is 4.42. The van der Waals surface area contributed by atoms with Gasteiger partial charge in [-0.1, -0.05) is 13.8 Å². The van der Waals surface area contributed by atoms with Crippen LogP contribution in [0.1, 0.15) is 24.2 Å². The number of urea groups is 1. The van der Waals surface area contributed by atoms with E-state index in [1.807, 2.05) is 0 Å². The molecule has 0 saturated heterocycles. The van der Waals surface area contributed by atoms with Crippen LogP contribution in [0, 0.1) is 17.6 Å². The minimum absolute atomic E-state index is 0.384. The predicted octanol–water partition coefficient (Wildman–Crippen LogP) is 1.34. The number of nitrogens with one attached hydrogen (secondary N) is 1. The summed E-state index contributed by atoms with van der Waals surface area (Å²) in [6.45, 7) is 3.12. The van der Waals surface area contributed by atoms with E-state index in [4.69, 9.17) is 10.5 Å². The van der Waals surface area contributed by atoms with Gasteiger partial charge in [0.2, 0.25) is 0 Å². The molecular weight excluding hydrogens is 286 g/mol. The molecular formula is C13H14F2N2O4. The first-order chi connectivity index (χ1) is 9.70. The van der Waals surface area contributed by atoms with Gasteiger partial charge in [-0.3, -0.25) is 10.1 Å². The van der Waals surface area contributed by atoms with Crippen molar-refractivity contribution in [1.29, 1.82) is 0 Å². The lowest BCUT2D eigenvalue weighted by Crippen LogP contribution is -2.45. The van der Waals surface area contributed by atoms with Crippen molar-refractivity contribution < 1.29 is 27.9 Å². The van der Waals surface area contributed by atoms with Gasteiger partial charge in [-0.2, -0.15) is 0 Å². The Morgan fingerprint density at radius 1 is 1.14 bits per heavy atom. The van der Waals surface area contributed by atoms with Gasteiger partial charge in [0.15, 0.2) is 6.10 Å². The average Bonchev–Trinajstić information content (AvgIpc) is 2.32. The highest BCUT2D eigenvalue weighted by atomic mass is 19.1. The number of hydrogen-bond acceptors (Lipinski definition) is 4. The fourth-order valence-corrected chi connectivity index (χ4v) is 1.54. The Labute approximate surface area is 119 Å². The molecule has 0 spiro atoms. The summed E-state index contributed by atoms with van der Waals surface area (Å²) in [6.07, 6.45) is -1.32. The Balaban J connectivity index is 2.90. The summed E-state index contributed by atoms with van der Waals surface area (Å²) in [7, 11) is 0.